The average Bonchev–Trinajstić information content (AvgIpc) is 3.50. The molecule has 0 saturated heterocycles. The molecular formula is C30H27F3N4O2. The number of nitrogens with zero attached hydrogens (tertiary/aromatic N) is 2. The van der Waals surface area contributed by atoms with Gasteiger partial charge in [-0.05, 0) is 53.6 Å². The van der Waals surface area contributed by atoms with E-state index in [0.717, 1.165) is 22.3 Å². The van der Waals surface area contributed by atoms with E-state index in [0.29, 0.717) is 37.2 Å². The Morgan fingerprint density at radius 1 is 0.846 bits per heavy atom. The van der Waals surface area contributed by atoms with Crippen molar-refractivity contribution in [2.45, 2.75) is 37.4 Å². The maximum atomic E-state index is 13.6. The molecule has 39 heavy (non-hydrogen) atoms. The minimum Gasteiger partial charge on any atom is -0.346 e. The second-order valence-corrected chi connectivity index (χ2v) is 9.57. The van der Waals surface area contributed by atoms with Crippen LogP contribution in [-0.4, -0.2) is 34.1 Å². The minimum atomic E-state index is -4.51. The van der Waals surface area contributed by atoms with Crippen molar-refractivity contribution < 1.29 is 22.8 Å². The quantitative estimate of drug-likeness (QED) is 0.262. The van der Waals surface area contributed by atoms with Crippen LogP contribution in [0.1, 0.15) is 40.7 Å². The molecule has 1 aliphatic carbocycles. The van der Waals surface area contributed by atoms with Crippen LogP contribution >= 0.6 is 0 Å². The molecule has 0 saturated carbocycles. The van der Waals surface area contributed by atoms with Crippen molar-refractivity contribution in [3.8, 4) is 11.1 Å². The Kier molecular flexibility index (Phi) is 7.24. The number of benzene rings is 3. The van der Waals surface area contributed by atoms with Crippen molar-refractivity contribution in [1.82, 2.24) is 14.9 Å². The third-order valence-electron chi connectivity index (χ3n) is 7.03. The smallest absolute Gasteiger partial charge is 0.346 e. The first-order valence-electron chi connectivity index (χ1n) is 12.7. The van der Waals surface area contributed by atoms with E-state index in [2.05, 4.69) is 15.6 Å². The fourth-order valence-corrected chi connectivity index (χ4v) is 5.29. The number of fused-ring (bicyclic) bond motifs is 3. The lowest BCUT2D eigenvalue weighted by atomic mass is 9.73. The van der Waals surface area contributed by atoms with Crippen molar-refractivity contribution in [3.63, 3.8) is 0 Å². The van der Waals surface area contributed by atoms with Crippen LogP contribution < -0.4 is 10.6 Å². The number of rotatable bonds is 9. The van der Waals surface area contributed by atoms with Gasteiger partial charge in [-0.2, -0.15) is 13.2 Å². The average molecular weight is 533 g/mol. The zero-order valence-electron chi connectivity index (χ0n) is 21.0. The standard InChI is InChI=1S/C30H27F3N4O2/c31-30(32,33)19-34-28(39)29(24-14-6-4-12-22(24)23-13-5-7-15-25(23)29)16-8-9-17-37-18-26(35-20-37)36-27(38)21-10-2-1-3-11-21/h1-7,10-15,18,20H,8-9,16-17,19H2,(H,34,39)(H,36,38). The van der Waals surface area contributed by atoms with Gasteiger partial charge in [0.05, 0.1) is 6.33 Å². The van der Waals surface area contributed by atoms with Crippen LogP contribution in [-0.2, 0) is 16.8 Å². The van der Waals surface area contributed by atoms with Gasteiger partial charge in [-0.25, -0.2) is 4.98 Å². The normalized spacial score (nSPS) is 13.4. The molecule has 0 aliphatic heterocycles. The number of alkyl halides is 3. The molecule has 9 heteroatoms. The van der Waals surface area contributed by atoms with Crippen LogP contribution in [0, 0.1) is 0 Å². The maximum absolute atomic E-state index is 13.6. The number of hydrogen-bond acceptors (Lipinski definition) is 3. The molecule has 200 valence electrons. The highest BCUT2D eigenvalue weighted by Gasteiger charge is 2.49. The van der Waals surface area contributed by atoms with Gasteiger partial charge in [0.2, 0.25) is 5.91 Å². The van der Waals surface area contributed by atoms with Crippen LogP contribution in [0.5, 0.6) is 0 Å². The Morgan fingerprint density at radius 2 is 1.46 bits per heavy atom. The zero-order chi connectivity index (χ0) is 27.5. The topological polar surface area (TPSA) is 76.0 Å². The number of hydrogen-bond donors (Lipinski definition) is 2. The summed E-state index contributed by atoms with van der Waals surface area (Å²) in [5.74, 6) is -0.484. The Hall–Kier alpha value is -4.40. The van der Waals surface area contributed by atoms with Gasteiger partial charge in [0, 0.05) is 18.3 Å². The van der Waals surface area contributed by atoms with Gasteiger partial charge < -0.3 is 15.2 Å². The largest absolute Gasteiger partial charge is 0.405 e. The summed E-state index contributed by atoms with van der Waals surface area (Å²) >= 11 is 0. The van der Waals surface area contributed by atoms with Crippen molar-refractivity contribution in [3.05, 3.63) is 108 Å². The van der Waals surface area contributed by atoms with E-state index >= 15 is 0 Å². The molecule has 5 rings (SSSR count). The molecule has 3 aromatic carbocycles. The second-order valence-electron chi connectivity index (χ2n) is 9.57. The molecule has 0 radical (unpaired) electrons. The molecular weight excluding hydrogens is 505 g/mol. The van der Waals surface area contributed by atoms with E-state index in [4.69, 9.17) is 0 Å². The molecule has 0 spiro atoms. The molecule has 4 aromatic rings. The summed E-state index contributed by atoms with van der Waals surface area (Å²) < 4.78 is 41.0. The summed E-state index contributed by atoms with van der Waals surface area (Å²) in [6.45, 7) is -0.817. The fourth-order valence-electron chi connectivity index (χ4n) is 5.29. The van der Waals surface area contributed by atoms with Gasteiger partial charge in [-0.3, -0.25) is 9.59 Å². The predicted molar refractivity (Wildman–Crippen MR) is 142 cm³/mol. The minimum absolute atomic E-state index is 0.258. The molecule has 2 N–H and O–H groups in total. The Labute approximate surface area is 223 Å². The molecule has 2 amide bonds. The van der Waals surface area contributed by atoms with Crippen LogP contribution in [0.25, 0.3) is 11.1 Å². The number of nitrogens with one attached hydrogen (secondary N) is 2. The van der Waals surface area contributed by atoms with E-state index in [9.17, 15) is 22.8 Å². The van der Waals surface area contributed by atoms with Gasteiger partial charge >= 0.3 is 6.18 Å². The van der Waals surface area contributed by atoms with Crippen molar-refractivity contribution >= 4 is 17.6 Å². The number of amides is 2. The third kappa shape index (κ3) is 5.43. The first-order chi connectivity index (χ1) is 18.8. The maximum Gasteiger partial charge on any atom is 0.405 e. The van der Waals surface area contributed by atoms with Crippen molar-refractivity contribution in [1.29, 1.82) is 0 Å². The van der Waals surface area contributed by atoms with Gasteiger partial charge in [0.15, 0.2) is 5.82 Å². The molecule has 1 aliphatic rings. The predicted octanol–water partition coefficient (Wildman–Crippen LogP) is 5.95. The van der Waals surface area contributed by atoms with E-state index in [1.807, 2.05) is 59.2 Å². The van der Waals surface area contributed by atoms with Crippen molar-refractivity contribution in [2.75, 3.05) is 11.9 Å². The Bertz CT molecular complexity index is 1440. The summed E-state index contributed by atoms with van der Waals surface area (Å²) in [6.07, 6.45) is 0.410. The number of unbranched alkanes of at least 4 members (excludes halogenated alkanes) is 1. The molecule has 0 unspecified atom stereocenters. The number of aryl methyl sites for hydroxylation is 1. The number of aromatic nitrogens is 2. The van der Waals surface area contributed by atoms with Gasteiger partial charge in [-0.1, -0.05) is 66.7 Å². The van der Waals surface area contributed by atoms with Crippen LogP contribution in [0.15, 0.2) is 91.4 Å². The van der Waals surface area contributed by atoms with Gasteiger partial charge in [0.25, 0.3) is 5.91 Å². The highest BCUT2D eigenvalue weighted by Crippen LogP contribution is 2.51. The summed E-state index contributed by atoms with van der Waals surface area (Å²) in [7, 11) is 0. The molecule has 0 fully saturated rings. The third-order valence-corrected chi connectivity index (χ3v) is 7.03. The fraction of sp³-hybridized carbons (Fsp3) is 0.233. The number of anilines is 1. The van der Waals surface area contributed by atoms with E-state index < -0.39 is 24.0 Å². The van der Waals surface area contributed by atoms with E-state index in [1.165, 1.54) is 0 Å². The van der Waals surface area contributed by atoms with Crippen LogP contribution in [0.4, 0.5) is 19.0 Å². The highest BCUT2D eigenvalue weighted by atomic mass is 19.4. The van der Waals surface area contributed by atoms with Gasteiger partial charge in [0.1, 0.15) is 12.0 Å². The Morgan fingerprint density at radius 3 is 2.10 bits per heavy atom. The monoisotopic (exact) mass is 532 g/mol. The number of halogens is 3. The zero-order valence-corrected chi connectivity index (χ0v) is 21.0. The number of imidazole rings is 1. The SMILES string of the molecule is O=C(Nc1cn(CCCCC2(C(=O)NCC(F)(F)F)c3ccccc3-c3ccccc32)cn1)c1ccccc1. The molecule has 0 bridgehead atoms. The Balaban J connectivity index is 1.30. The highest BCUT2D eigenvalue weighted by molar-refractivity contribution is 6.03. The second kappa shape index (κ2) is 10.8. The number of carbonyl (C=O) groups is 2. The van der Waals surface area contributed by atoms with Crippen LogP contribution in [0.3, 0.4) is 0 Å². The first-order valence-corrected chi connectivity index (χ1v) is 12.7. The van der Waals surface area contributed by atoms with Crippen molar-refractivity contribution in [2.24, 2.45) is 0 Å². The lowest BCUT2D eigenvalue weighted by Crippen LogP contribution is -2.47. The van der Waals surface area contributed by atoms with E-state index in [-0.39, 0.29) is 5.91 Å². The summed E-state index contributed by atoms with van der Waals surface area (Å²) in [4.78, 5) is 30.2. The summed E-state index contributed by atoms with van der Waals surface area (Å²) in [5, 5.41) is 4.93. The molecule has 0 atom stereocenters. The van der Waals surface area contributed by atoms with Gasteiger partial charge in [-0.15, -0.1) is 0 Å². The summed E-state index contributed by atoms with van der Waals surface area (Å²) in [5.41, 5.74) is 2.48. The molecule has 6 nitrogen and oxygen atoms in total. The molecule has 1 aromatic heterocycles. The first kappa shape index (κ1) is 26.2. The lowest BCUT2D eigenvalue weighted by Gasteiger charge is -2.31. The number of carbonyl (C=O) groups excluding carboxylic acids is 2. The summed E-state index contributed by atoms with van der Waals surface area (Å²) in [6, 6.07) is 23.7. The van der Waals surface area contributed by atoms with E-state index in [1.54, 1.807) is 36.8 Å². The lowest BCUT2D eigenvalue weighted by molar-refractivity contribution is -0.141. The molecule has 1 heterocycles. The van der Waals surface area contributed by atoms with Crippen LogP contribution in [0.2, 0.25) is 0 Å².